The molecule has 1 N–H and O–H groups in total. The maximum absolute atomic E-state index is 4.07. The van der Waals surface area contributed by atoms with E-state index in [1.165, 1.54) is 11.3 Å². The SMILES string of the molecule is Cl.Cn1cccc1CNCc1cccnc1. The Balaban J connectivity index is 0.00000128. The lowest BCUT2D eigenvalue weighted by Crippen LogP contribution is -2.14. The third-order valence-electron chi connectivity index (χ3n) is 2.41. The molecule has 0 aliphatic rings. The largest absolute Gasteiger partial charge is 0.353 e. The molecule has 4 heteroatoms. The zero-order valence-electron chi connectivity index (χ0n) is 9.26. The number of aryl methyl sites for hydroxylation is 1. The first-order chi connectivity index (χ1) is 7.36. The van der Waals surface area contributed by atoms with Gasteiger partial charge in [0.25, 0.3) is 0 Å². The summed E-state index contributed by atoms with van der Waals surface area (Å²) < 4.78 is 2.12. The van der Waals surface area contributed by atoms with Gasteiger partial charge in [0.2, 0.25) is 0 Å². The number of nitrogens with zero attached hydrogens (tertiary/aromatic N) is 2. The molecule has 0 saturated carbocycles. The van der Waals surface area contributed by atoms with E-state index in [9.17, 15) is 0 Å². The Morgan fingerprint density at radius 3 is 2.75 bits per heavy atom. The Morgan fingerprint density at radius 1 is 1.25 bits per heavy atom. The summed E-state index contributed by atoms with van der Waals surface area (Å²) in [6.45, 7) is 1.75. The summed E-state index contributed by atoms with van der Waals surface area (Å²) >= 11 is 0. The number of rotatable bonds is 4. The van der Waals surface area contributed by atoms with Crippen LogP contribution in [0.25, 0.3) is 0 Å². The zero-order valence-corrected chi connectivity index (χ0v) is 10.1. The van der Waals surface area contributed by atoms with E-state index in [1.54, 1.807) is 6.20 Å². The zero-order chi connectivity index (χ0) is 10.5. The normalized spacial score (nSPS) is 9.81. The molecular weight excluding hydrogens is 222 g/mol. The molecule has 0 aromatic carbocycles. The monoisotopic (exact) mass is 237 g/mol. The minimum atomic E-state index is 0. The van der Waals surface area contributed by atoms with E-state index in [0.717, 1.165) is 13.1 Å². The average molecular weight is 238 g/mol. The van der Waals surface area contributed by atoms with Gasteiger partial charge in [-0.15, -0.1) is 12.4 Å². The van der Waals surface area contributed by atoms with Gasteiger partial charge in [-0.1, -0.05) is 6.07 Å². The quantitative estimate of drug-likeness (QED) is 0.883. The van der Waals surface area contributed by atoms with Crippen molar-refractivity contribution in [2.24, 2.45) is 7.05 Å². The van der Waals surface area contributed by atoms with Crippen molar-refractivity contribution in [3.63, 3.8) is 0 Å². The summed E-state index contributed by atoms with van der Waals surface area (Å²) in [5.74, 6) is 0. The second-order valence-electron chi connectivity index (χ2n) is 3.58. The Hall–Kier alpha value is -1.32. The fourth-order valence-electron chi connectivity index (χ4n) is 1.52. The molecule has 0 amide bonds. The molecular formula is C12H16ClN3. The van der Waals surface area contributed by atoms with Gasteiger partial charge in [0, 0.05) is 44.4 Å². The molecule has 0 radical (unpaired) electrons. The van der Waals surface area contributed by atoms with Crippen LogP contribution in [0.4, 0.5) is 0 Å². The number of pyridine rings is 1. The summed E-state index contributed by atoms with van der Waals surface area (Å²) in [5.41, 5.74) is 2.51. The van der Waals surface area contributed by atoms with Crippen molar-refractivity contribution in [3.8, 4) is 0 Å². The standard InChI is InChI=1S/C12H15N3.ClH/c1-15-7-3-5-12(15)10-14-9-11-4-2-6-13-8-11;/h2-8,14H,9-10H2,1H3;1H. The van der Waals surface area contributed by atoms with E-state index >= 15 is 0 Å². The summed E-state index contributed by atoms with van der Waals surface area (Å²) in [7, 11) is 2.06. The molecule has 2 aromatic rings. The Morgan fingerprint density at radius 2 is 2.12 bits per heavy atom. The second kappa shape index (κ2) is 6.30. The first kappa shape index (κ1) is 12.7. The molecule has 0 saturated heterocycles. The summed E-state index contributed by atoms with van der Waals surface area (Å²) in [4.78, 5) is 4.07. The van der Waals surface area contributed by atoms with E-state index in [-0.39, 0.29) is 12.4 Å². The molecule has 0 bridgehead atoms. The fraction of sp³-hybridized carbons (Fsp3) is 0.250. The van der Waals surface area contributed by atoms with E-state index in [1.807, 2.05) is 12.3 Å². The maximum Gasteiger partial charge on any atom is 0.0362 e. The van der Waals surface area contributed by atoms with Crippen LogP contribution in [0.2, 0.25) is 0 Å². The molecule has 0 spiro atoms. The van der Waals surface area contributed by atoms with Gasteiger partial charge in [0.1, 0.15) is 0 Å². The number of hydrogen-bond acceptors (Lipinski definition) is 2. The van der Waals surface area contributed by atoms with Gasteiger partial charge in [0.15, 0.2) is 0 Å². The highest BCUT2D eigenvalue weighted by Gasteiger charge is 1.96. The Labute approximate surface area is 102 Å². The topological polar surface area (TPSA) is 29.9 Å². The van der Waals surface area contributed by atoms with E-state index in [2.05, 4.69) is 46.3 Å². The van der Waals surface area contributed by atoms with E-state index in [0.29, 0.717) is 0 Å². The fourth-order valence-corrected chi connectivity index (χ4v) is 1.52. The Bertz CT molecular complexity index is 411. The van der Waals surface area contributed by atoms with Crippen LogP contribution >= 0.6 is 12.4 Å². The molecule has 0 aliphatic heterocycles. The minimum absolute atomic E-state index is 0. The van der Waals surface area contributed by atoms with Crippen LogP contribution in [-0.4, -0.2) is 9.55 Å². The highest BCUT2D eigenvalue weighted by Crippen LogP contribution is 2.00. The van der Waals surface area contributed by atoms with Gasteiger partial charge < -0.3 is 9.88 Å². The molecule has 2 aromatic heterocycles. The van der Waals surface area contributed by atoms with Crippen LogP contribution in [-0.2, 0) is 20.1 Å². The van der Waals surface area contributed by atoms with Crippen LogP contribution in [0, 0.1) is 0 Å². The van der Waals surface area contributed by atoms with Gasteiger partial charge in [-0.2, -0.15) is 0 Å². The van der Waals surface area contributed by atoms with Crippen LogP contribution in [0.3, 0.4) is 0 Å². The van der Waals surface area contributed by atoms with Crippen molar-refractivity contribution < 1.29 is 0 Å². The molecule has 0 atom stereocenters. The lowest BCUT2D eigenvalue weighted by Gasteiger charge is -2.05. The molecule has 0 aliphatic carbocycles. The molecule has 3 nitrogen and oxygen atoms in total. The maximum atomic E-state index is 4.07. The van der Waals surface area contributed by atoms with Crippen molar-refractivity contribution in [1.82, 2.24) is 14.9 Å². The van der Waals surface area contributed by atoms with Crippen LogP contribution in [0.5, 0.6) is 0 Å². The highest BCUT2D eigenvalue weighted by molar-refractivity contribution is 5.85. The Kier molecular flexibility index (Phi) is 5.02. The molecule has 0 unspecified atom stereocenters. The molecule has 2 rings (SSSR count). The van der Waals surface area contributed by atoms with Crippen molar-refractivity contribution in [2.45, 2.75) is 13.1 Å². The van der Waals surface area contributed by atoms with Gasteiger partial charge in [-0.05, 0) is 23.8 Å². The third kappa shape index (κ3) is 3.36. The van der Waals surface area contributed by atoms with Gasteiger partial charge in [-0.25, -0.2) is 0 Å². The predicted octanol–water partition coefficient (Wildman–Crippen LogP) is 2.13. The summed E-state index contributed by atoms with van der Waals surface area (Å²) in [5, 5.41) is 3.38. The lowest BCUT2D eigenvalue weighted by atomic mass is 10.3. The van der Waals surface area contributed by atoms with Gasteiger partial charge in [-0.3, -0.25) is 4.98 Å². The van der Waals surface area contributed by atoms with Crippen LogP contribution < -0.4 is 5.32 Å². The minimum Gasteiger partial charge on any atom is -0.353 e. The van der Waals surface area contributed by atoms with Crippen LogP contribution in [0.1, 0.15) is 11.3 Å². The lowest BCUT2D eigenvalue weighted by molar-refractivity contribution is 0.654. The number of halogens is 1. The molecule has 2 heterocycles. The third-order valence-corrected chi connectivity index (χ3v) is 2.41. The number of aromatic nitrogens is 2. The number of hydrogen-bond donors (Lipinski definition) is 1. The first-order valence-electron chi connectivity index (χ1n) is 5.06. The molecule has 0 fully saturated rings. The highest BCUT2D eigenvalue weighted by atomic mass is 35.5. The van der Waals surface area contributed by atoms with Crippen molar-refractivity contribution >= 4 is 12.4 Å². The molecule has 16 heavy (non-hydrogen) atoms. The van der Waals surface area contributed by atoms with E-state index in [4.69, 9.17) is 0 Å². The smallest absolute Gasteiger partial charge is 0.0362 e. The summed E-state index contributed by atoms with van der Waals surface area (Å²) in [6, 6.07) is 8.21. The average Bonchev–Trinajstić information content (AvgIpc) is 2.66. The molecule has 86 valence electrons. The van der Waals surface area contributed by atoms with Crippen LogP contribution in [0.15, 0.2) is 42.9 Å². The van der Waals surface area contributed by atoms with Crippen molar-refractivity contribution in [3.05, 3.63) is 54.1 Å². The van der Waals surface area contributed by atoms with Crippen molar-refractivity contribution in [1.29, 1.82) is 0 Å². The van der Waals surface area contributed by atoms with Crippen molar-refractivity contribution in [2.75, 3.05) is 0 Å². The second-order valence-corrected chi connectivity index (χ2v) is 3.58. The number of nitrogens with one attached hydrogen (secondary N) is 1. The summed E-state index contributed by atoms with van der Waals surface area (Å²) in [6.07, 6.45) is 5.74. The predicted molar refractivity (Wildman–Crippen MR) is 67.4 cm³/mol. The first-order valence-corrected chi connectivity index (χ1v) is 5.06. The van der Waals surface area contributed by atoms with E-state index < -0.39 is 0 Å². The van der Waals surface area contributed by atoms with Gasteiger partial charge >= 0.3 is 0 Å². The van der Waals surface area contributed by atoms with Gasteiger partial charge in [0.05, 0.1) is 0 Å².